The average Bonchev–Trinajstić information content (AvgIpc) is 2.47. The van der Waals surface area contributed by atoms with Gasteiger partial charge >= 0.3 is 0 Å². The van der Waals surface area contributed by atoms with Crippen molar-refractivity contribution in [2.75, 3.05) is 27.3 Å². The Morgan fingerprint density at radius 1 is 1.57 bits per heavy atom. The van der Waals surface area contributed by atoms with E-state index < -0.39 is 0 Å². The lowest BCUT2D eigenvalue weighted by atomic mass is 10.1. The van der Waals surface area contributed by atoms with E-state index in [0.717, 1.165) is 5.56 Å². The number of nitrogens with one attached hydrogen (secondary N) is 1. The molecule has 2 atom stereocenters. The summed E-state index contributed by atoms with van der Waals surface area (Å²) < 4.78 is 10.5. The number of likely N-dealkylation sites (N-methyl/N-ethyl adjacent to an activating group) is 1. The molecule has 1 saturated heterocycles. The summed E-state index contributed by atoms with van der Waals surface area (Å²) in [5, 5.41) is 13.0. The van der Waals surface area contributed by atoms with E-state index in [1.54, 1.807) is 24.1 Å². The first kappa shape index (κ1) is 15.6. The zero-order valence-electron chi connectivity index (χ0n) is 12.6. The van der Waals surface area contributed by atoms with Gasteiger partial charge in [-0.15, -0.1) is 0 Å². The molecule has 116 valence electrons. The molecule has 0 saturated carbocycles. The summed E-state index contributed by atoms with van der Waals surface area (Å²) >= 11 is 0. The monoisotopic (exact) mass is 294 g/mol. The molecule has 1 aromatic rings. The quantitative estimate of drug-likeness (QED) is 0.857. The number of carbonyl (C=O) groups excluding carboxylic acids is 1. The van der Waals surface area contributed by atoms with Crippen LogP contribution in [-0.2, 0) is 16.1 Å². The maximum absolute atomic E-state index is 12.4. The lowest BCUT2D eigenvalue weighted by Gasteiger charge is -2.32. The van der Waals surface area contributed by atoms with Crippen LogP contribution in [0, 0.1) is 0 Å². The van der Waals surface area contributed by atoms with Gasteiger partial charge in [-0.1, -0.05) is 6.07 Å². The number of morpholine rings is 1. The van der Waals surface area contributed by atoms with Gasteiger partial charge in [0.05, 0.1) is 19.8 Å². The minimum absolute atomic E-state index is 0.0162. The number of ether oxygens (including phenoxy) is 2. The fourth-order valence-corrected chi connectivity index (χ4v) is 2.43. The van der Waals surface area contributed by atoms with Crippen LogP contribution in [0.25, 0.3) is 0 Å². The molecule has 0 bridgehead atoms. The summed E-state index contributed by atoms with van der Waals surface area (Å²) in [5.74, 6) is 0.476. The fraction of sp³-hybridized carbons (Fsp3) is 0.533. The zero-order chi connectivity index (χ0) is 15.4. The van der Waals surface area contributed by atoms with Crippen LogP contribution < -0.4 is 10.1 Å². The van der Waals surface area contributed by atoms with Crippen LogP contribution in [0.3, 0.4) is 0 Å². The number of phenols is 1. The van der Waals surface area contributed by atoms with Crippen molar-refractivity contribution in [3.05, 3.63) is 23.8 Å². The number of phenolic OH excluding ortho intramolecular Hbond substituents is 1. The zero-order valence-corrected chi connectivity index (χ0v) is 12.6. The lowest BCUT2D eigenvalue weighted by molar-refractivity contribution is -0.138. The molecule has 1 aliphatic rings. The highest BCUT2D eigenvalue weighted by atomic mass is 16.5. The van der Waals surface area contributed by atoms with Crippen LogP contribution in [0.15, 0.2) is 18.2 Å². The molecule has 0 unspecified atom stereocenters. The molecule has 1 amide bonds. The van der Waals surface area contributed by atoms with Crippen molar-refractivity contribution in [1.29, 1.82) is 0 Å². The topological polar surface area (TPSA) is 71.0 Å². The van der Waals surface area contributed by atoms with Gasteiger partial charge < -0.3 is 24.8 Å². The van der Waals surface area contributed by atoms with E-state index in [1.807, 2.05) is 13.0 Å². The Hall–Kier alpha value is -1.79. The minimum atomic E-state index is -0.324. The Morgan fingerprint density at radius 3 is 2.95 bits per heavy atom. The van der Waals surface area contributed by atoms with Crippen molar-refractivity contribution in [3.63, 3.8) is 0 Å². The van der Waals surface area contributed by atoms with E-state index in [-0.39, 0.29) is 23.8 Å². The number of hydrogen-bond donors (Lipinski definition) is 2. The average molecular weight is 294 g/mol. The van der Waals surface area contributed by atoms with Crippen molar-refractivity contribution in [3.8, 4) is 11.5 Å². The molecule has 0 aromatic heterocycles. The number of nitrogens with zero attached hydrogens (tertiary/aromatic N) is 1. The summed E-state index contributed by atoms with van der Waals surface area (Å²) in [7, 11) is 3.24. The second-order valence-electron chi connectivity index (χ2n) is 5.21. The van der Waals surface area contributed by atoms with Crippen molar-refractivity contribution >= 4 is 5.91 Å². The highest BCUT2D eigenvalue weighted by Crippen LogP contribution is 2.26. The van der Waals surface area contributed by atoms with E-state index in [0.29, 0.717) is 25.4 Å². The second kappa shape index (κ2) is 6.78. The molecular weight excluding hydrogens is 272 g/mol. The third-order valence-electron chi connectivity index (χ3n) is 3.62. The molecule has 1 heterocycles. The number of carbonyl (C=O) groups is 1. The Balaban J connectivity index is 2.01. The van der Waals surface area contributed by atoms with E-state index in [4.69, 9.17) is 9.47 Å². The van der Waals surface area contributed by atoms with Crippen molar-refractivity contribution in [2.24, 2.45) is 0 Å². The molecule has 0 radical (unpaired) electrons. The van der Waals surface area contributed by atoms with Crippen LogP contribution in [-0.4, -0.2) is 55.4 Å². The van der Waals surface area contributed by atoms with Crippen LogP contribution in [0.4, 0.5) is 0 Å². The molecule has 21 heavy (non-hydrogen) atoms. The Bertz CT molecular complexity index is 506. The molecule has 2 rings (SSSR count). The highest BCUT2D eigenvalue weighted by molar-refractivity contribution is 5.82. The molecule has 1 fully saturated rings. The number of amides is 1. The largest absolute Gasteiger partial charge is 0.504 e. The van der Waals surface area contributed by atoms with Crippen molar-refractivity contribution < 1.29 is 19.4 Å². The number of hydrogen-bond acceptors (Lipinski definition) is 5. The Labute approximate surface area is 124 Å². The van der Waals surface area contributed by atoms with E-state index in [9.17, 15) is 9.90 Å². The molecule has 1 aliphatic heterocycles. The predicted molar refractivity (Wildman–Crippen MR) is 78.3 cm³/mol. The van der Waals surface area contributed by atoms with Crippen molar-refractivity contribution in [2.45, 2.75) is 25.6 Å². The molecule has 1 aromatic carbocycles. The molecule has 0 aliphatic carbocycles. The smallest absolute Gasteiger partial charge is 0.242 e. The third-order valence-corrected chi connectivity index (χ3v) is 3.62. The van der Waals surface area contributed by atoms with E-state index >= 15 is 0 Å². The van der Waals surface area contributed by atoms with E-state index in [2.05, 4.69) is 5.32 Å². The van der Waals surface area contributed by atoms with Gasteiger partial charge in [-0.25, -0.2) is 0 Å². The summed E-state index contributed by atoms with van der Waals surface area (Å²) in [6.07, 6.45) is -0.141. The number of aromatic hydroxyl groups is 1. The standard InChI is InChI=1S/C15H22N2O4/c1-10-14(16-6-7-21-10)15(19)17(2)9-11-4-5-13(20-3)12(18)8-11/h4-5,8,10,14,16,18H,6-7,9H2,1-3H3/t10-,14+/m1/s1. The van der Waals surface area contributed by atoms with Gasteiger partial charge in [-0.05, 0) is 24.6 Å². The summed E-state index contributed by atoms with van der Waals surface area (Å²) in [6, 6.07) is 4.80. The normalized spacial score (nSPS) is 21.9. The Kier molecular flexibility index (Phi) is 5.03. The van der Waals surface area contributed by atoms with Crippen LogP contribution in [0.2, 0.25) is 0 Å². The van der Waals surface area contributed by atoms with E-state index in [1.165, 1.54) is 7.11 Å². The summed E-state index contributed by atoms with van der Waals surface area (Å²) in [6.45, 7) is 3.61. The van der Waals surface area contributed by atoms with Crippen LogP contribution in [0.5, 0.6) is 11.5 Å². The molecular formula is C15H22N2O4. The van der Waals surface area contributed by atoms with Gasteiger partial charge in [0.2, 0.25) is 5.91 Å². The summed E-state index contributed by atoms with van der Waals surface area (Å²) in [4.78, 5) is 14.0. The first-order chi connectivity index (χ1) is 10.0. The SMILES string of the molecule is COc1ccc(CN(C)C(=O)[C@H]2NCCO[C@@H]2C)cc1O. The van der Waals surface area contributed by atoms with Gasteiger partial charge in [0.15, 0.2) is 11.5 Å². The van der Waals surface area contributed by atoms with Crippen molar-refractivity contribution in [1.82, 2.24) is 10.2 Å². The first-order valence-corrected chi connectivity index (χ1v) is 6.98. The van der Waals surface area contributed by atoms with Gasteiger partial charge in [-0.3, -0.25) is 4.79 Å². The predicted octanol–water partition coefficient (Wildman–Crippen LogP) is 0.736. The van der Waals surface area contributed by atoms with Gasteiger partial charge in [-0.2, -0.15) is 0 Å². The molecule has 2 N–H and O–H groups in total. The maximum atomic E-state index is 12.4. The molecule has 0 spiro atoms. The van der Waals surface area contributed by atoms with Gasteiger partial charge in [0, 0.05) is 20.1 Å². The lowest BCUT2D eigenvalue weighted by Crippen LogP contribution is -2.55. The number of methoxy groups -OCH3 is 1. The first-order valence-electron chi connectivity index (χ1n) is 6.98. The van der Waals surface area contributed by atoms with Gasteiger partial charge in [0.1, 0.15) is 6.04 Å². The number of rotatable bonds is 4. The van der Waals surface area contributed by atoms with Crippen LogP contribution >= 0.6 is 0 Å². The highest BCUT2D eigenvalue weighted by Gasteiger charge is 2.30. The van der Waals surface area contributed by atoms with Gasteiger partial charge in [0.25, 0.3) is 0 Å². The fourth-order valence-electron chi connectivity index (χ4n) is 2.43. The Morgan fingerprint density at radius 2 is 2.33 bits per heavy atom. The number of benzene rings is 1. The maximum Gasteiger partial charge on any atom is 0.242 e. The van der Waals surface area contributed by atoms with Crippen LogP contribution in [0.1, 0.15) is 12.5 Å². The molecule has 6 nitrogen and oxygen atoms in total. The second-order valence-corrected chi connectivity index (χ2v) is 5.21. The minimum Gasteiger partial charge on any atom is -0.504 e. The molecule has 6 heteroatoms. The summed E-state index contributed by atoms with van der Waals surface area (Å²) in [5.41, 5.74) is 0.841. The third kappa shape index (κ3) is 3.65.